The number of hydrogen-bond donors (Lipinski definition) is 0. The second-order valence-electron chi connectivity index (χ2n) is 4.31. The van der Waals surface area contributed by atoms with E-state index >= 15 is 0 Å². The highest BCUT2D eigenvalue weighted by molar-refractivity contribution is 9.10. The Morgan fingerprint density at radius 1 is 1.11 bits per heavy atom. The summed E-state index contributed by atoms with van der Waals surface area (Å²) in [6.07, 6.45) is 0.758. The minimum absolute atomic E-state index is 0.758. The third-order valence-corrected chi connectivity index (χ3v) is 3.44. The van der Waals surface area contributed by atoms with Crippen LogP contribution in [0.4, 0.5) is 0 Å². The maximum Gasteiger partial charge on any atom is 0.156 e. The lowest BCUT2D eigenvalue weighted by Gasteiger charge is -1.97. The van der Waals surface area contributed by atoms with E-state index in [0.29, 0.717) is 0 Å². The molecule has 90 valence electrons. The van der Waals surface area contributed by atoms with E-state index in [1.54, 1.807) is 0 Å². The molecule has 0 saturated carbocycles. The van der Waals surface area contributed by atoms with Crippen molar-refractivity contribution >= 4 is 21.6 Å². The second kappa shape index (κ2) is 4.53. The maximum atomic E-state index is 4.51. The molecule has 0 radical (unpaired) electrons. The van der Waals surface area contributed by atoms with Gasteiger partial charge in [0.15, 0.2) is 11.5 Å². The predicted molar refractivity (Wildman–Crippen MR) is 74.7 cm³/mol. The lowest BCUT2D eigenvalue weighted by molar-refractivity contribution is 0.883. The Morgan fingerprint density at radius 2 is 1.89 bits per heavy atom. The molecule has 0 bridgehead atoms. The Hall–Kier alpha value is -1.68. The molecule has 0 aliphatic rings. The molecule has 0 amide bonds. The molecular weight excluding hydrogens is 290 g/mol. The highest BCUT2D eigenvalue weighted by atomic mass is 79.9. The van der Waals surface area contributed by atoms with Gasteiger partial charge in [0.2, 0.25) is 0 Å². The Balaban J connectivity index is 1.95. The largest absolute Gasteiger partial charge is 0.212 e. The van der Waals surface area contributed by atoms with Gasteiger partial charge in [0.05, 0.1) is 0 Å². The average Bonchev–Trinajstić information content (AvgIpc) is 2.76. The van der Waals surface area contributed by atoms with Crippen molar-refractivity contribution in [3.05, 3.63) is 64.0 Å². The number of benzene rings is 1. The van der Waals surface area contributed by atoms with Crippen LogP contribution in [0.25, 0.3) is 5.65 Å². The first kappa shape index (κ1) is 11.4. The van der Waals surface area contributed by atoms with Crippen LogP contribution in [-0.4, -0.2) is 14.6 Å². The summed E-state index contributed by atoms with van der Waals surface area (Å²) in [4.78, 5) is 4.51. The molecule has 3 nitrogen and oxygen atoms in total. The third-order valence-electron chi connectivity index (χ3n) is 2.84. The van der Waals surface area contributed by atoms with E-state index in [1.165, 1.54) is 11.1 Å². The van der Waals surface area contributed by atoms with E-state index in [1.807, 2.05) is 22.7 Å². The van der Waals surface area contributed by atoms with E-state index in [4.69, 9.17) is 0 Å². The second-order valence-corrected chi connectivity index (χ2v) is 5.12. The Kier molecular flexibility index (Phi) is 2.88. The molecule has 4 heteroatoms. The SMILES string of the molecule is Cc1ccc(Cc2nc3cccc(Br)n3n2)cc1. The highest BCUT2D eigenvalue weighted by Gasteiger charge is 2.06. The van der Waals surface area contributed by atoms with Crippen molar-refractivity contribution in [2.75, 3.05) is 0 Å². The molecule has 0 spiro atoms. The zero-order chi connectivity index (χ0) is 12.5. The Bertz CT molecular complexity index is 686. The van der Waals surface area contributed by atoms with Gasteiger partial charge in [0, 0.05) is 6.42 Å². The third kappa shape index (κ3) is 2.16. The zero-order valence-electron chi connectivity index (χ0n) is 9.97. The minimum atomic E-state index is 0.758. The molecule has 0 aliphatic carbocycles. The van der Waals surface area contributed by atoms with Crippen molar-refractivity contribution in [3.8, 4) is 0 Å². The van der Waals surface area contributed by atoms with Gasteiger partial charge in [-0.2, -0.15) is 0 Å². The van der Waals surface area contributed by atoms with Crippen LogP contribution in [0.3, 0.4) is 0 Å². The first-order valence-electron chi connectivity index (χ1n) is 5.78. The molecular formula is C14H12BrN3. The lowest BCUT2D eigenvalue weighted by atomic mass is 10.1. The standard InChI is InChI=1S/C14H12BrN3/c1-10-5-7-11(8-6-10)9-13-16-14-4-2-3-12(15)18(14)17-13/h2-8H,9H2,1H3. The molecule has 18 heavy (non-hydrogen) atoms. The van der Waals surface area contributed by atoms with Gasteiger partial charge in [-0.15, -0.1) is 5.10 Å². The summed E-state index contributed by atoms with van der Waals surface area (Å²) < 4.78 is 2.73. The summed E-state index contributed by atoms with van der Waals surface area (Å²) in [6, 6.07) is 14.3. The van der Waals surface area contributed by atoms with Crippen LogP contribution in [0.2, 0.25) is 0 Å². The summed E-state index contributed by atoms with van der Waals surface area (Å²) in [5.74, 6) is 0.839. The number of aromatic nitrogens is 3. The number of rotatable bonds is 2. The molecule has 1 aromatic carbocycles. The van der Waals surface area contributed by atoms with E-state index in [0.717, 1.165) is 22.5 Å². The summed E-state index contributed by atoms with van der Waals surface area (Å²) >= 11 is 3.47. The van der Waals surface area contributed by atoms with Crippen LogP contribution in [-0.2, 0) is 6.42 Å². The van der Waals surface area contributed by atoms with Crippen LogP contribution in [0.1, 0.15) is 17.0 Å². The lowest BCUT2D eigenvalue weighted by Crippen LogP contribution is -1.93. The highest BCUT2D eigenvalue weighted by Crippen LogP contribution is 2.13. The first-order chi connectivity index (χ1) is 8.72. The van der Waals surface area contributed by atoms with Gasteiger partial charge in [0.25, 0.3) is 0 Å². The van der Waals surface area contributed by atoms with Gasteiger partial charge in [-0.3, -0.25) is 0 Å². The molecule has 0 atom stereocenters. The van der Waals surface area contributed by atoms with Gasteiger partial charge >= 0.3 is 0 Å². The number of halogens is 1. The van der Waals surface area contributed by atoms with Crippen molar-refractivity contribution in [3.63, 3.8) is 0 Å². The maximum absolute atomic E-state index is 4.51. The van der Waals surface area contributed by atoms with Crippen LogP contribution >= 0.6 is 15.9 Å². The van der Waals surface area contributed by atoms with E-state index < -0.39 is 0 Å². The van der Waals surface area contributed by atoms with Crippen molar-refractivity contribution in [1.29, 1.82) is 0 Å². The molecule has 0 unspecified atom stereocenters. The van der Waals surface area contributed by atoms with E-state index in [-0.39, 0.29) is 0 Å². The van der Waals surface area contributed by atoms with Crippen LogP contribution < -0.4 is 0 Å². The van der Waals surface area contributed by atoms with Crippen molar-refractivity contribution in [1.82, 2.24) is 14.6 Å². The van der Waals surface area contributed by atoms with Gasteiger partial charge in [-0.1, -0.05) is 35.9 Å². The fraction of sp³-hybridized carbons (Fsp3) is 0.143. The van der Waals surface area contributed by atoms with Gasteiger partial charge in [-0.05, 0) is 40.5 Å². The van der Waals surface area contributed by atoms with E-state index in [9.17, 15) is 0 Å². The molecule has 0 saturated heterocycles. The molecule has 3 aromatic rings. The van der Waals surface area contributed by atoms with Crippen molar-refractivity contribution in [2.45, 2.75) is 13.3 Å². The normalized spacial score (nSPS) is 11.0. The summed E-state index contributed by atoms with van der Waals surface area (Å²) in [7, 11) is 0. The summed E-state index contributed by atoms with van der Waals surface area (Å²) in [5.41, 5.74) is 3.36. The van der Waals surface area contributed by atoms with Gasteiger partial charge in [0.1, 0.15) is 4.60 Å². The van der Waals surface area contributed by atoms with Crippen molar-refractivity contribution in [2.24, 2.45) is 0 Å². The Labute approximate surface area is 114 Å². The molecule has 3 rings (SSSR count). The summed E-state index contributed by atoms with van der Waals surface area (Å²) in [5, 5.41) is 4.49. The zero-order valence-corrected chi connectivity index (χ0v) is 11.6. The minimum Gasteiger partial charge on any atom is -0.212 e. The number of hydrogen-bond acceptors (Lipinski definition) is 2. The predicted octanol–water partition coefficient (Wildman–Crippen LogP) is 3.39. The molecule has 2 aromatic heterocycles. The molecule has 0 aliphatic heterocycles. The first-order valence-corrected chi connectivity index (χ1v) is 6.57. The number of pyridine rings is 1. The molecule has 0 N–H and O–H groups in total. The monoisotopic (exact) mass is 301 g/mol. The molecule has 0 fully saturated rings. The fourth-order valence-corrected chi connectivity index (χ4v) is 2.29. The Morgan fingerprint density at radius 3 is 2.61 bits per heavy atom. The van der Waals surface area contributed by atoms with Crippen LogP contribution in [0.15, 0.2) is 47.1 Å². The van der Waals surface area contributed by atoms with Crippen LogP contribution in [0.5, 0.6) is 0 Å². The average molecular weight is 302 g/mol. The topological polar surface area (TPSA) is 30.2 Å². The fourth-order valence-electron chi connectivity index (χ4n) is 1.88. The van der Waals surface area contributed by atoms with Gasteiger partial charge in [-0.25, -0.2) is 9.50 Å². The van der Waals surface area contributed by atoms with Gasteiger partial charge < -0.3 is 0 Å². The summed E-state index contributed by atoms with van der Waals surface area (Å²) in [6.45, 7) is 2.09. The quantitative estimate of drug-likeness (QED) is 0.679. The van der Waals surface area contributed by atoms with E-state index in [2.05, 4.69) is 57.2 Å². The number of nitrogens with zero attached hydrogens (tertiary/aromatic N) is 3. The molecule has 2 heterocycles. The van der Waals surface area contributed by atoms with Crippen LogP contribution in [0, 0.1) is 6.92 Å². The number of aryl methyl sites for hydroxylation is 1. The smallest absolute Gasteiger partial charge is 0.156 e. The number of fused-ring (bicyclic) bond motifs is 1. The van der Waals surface area contributed by atoms with Crippen molar-refractivity contribution < 1.29 is 0 Å².